The van der Waals surface area contributed by atoms with Gasteiger partial charge in [0.1, 0.15) is 23.8 Å². The van der Waals surface area contributed by atoms with Gasteiger partial charge in [0.25, 0.3) is 10.1 Å². The number of ether oxygens (including phenoxy) is 3. The third kappa shape index (κ3) is 4.93. The van der Waals surface area contributed by atoms with Gasteiger partial charge in [-0.05, 0) is 29.8 Å². The standard InChI is InChI=1S/C17H19NO7S/c1-22-13-5-6-14(16(9-13)23-2)11-7-12(10-25-26(4,20)21)18-15(8-11)17(19)24-3/h5-9H,10H2,1-4H3. The molecule has 0 N–H and O–H groups in total. The van der Waals surface area contributed by atoms with E-state index in [-0.39, 0.29) is 18.0 Å². The van der Waals surface area contributed by atoms with Crippen LogP contribution in [0, 0.1) is 0 Å². The second-order valence-electron chi connectivity index (χ2n) is 5.26. The summed E-state index contributed by atoms with van der Waals surface area (Å²) in [6, 6.07) is 8.33. The lowest BCUT2D eigenvalue weighted by Gasteiger charge is -2.13. The van der Waals surface area contributed by atoms with Crippen molar-refractivity contribution in [2.24, 2.45) is 0 Å². The zero-order valence-electron chi connectivity index (χ0n) is 14.8. The normalized spacial score (nSPS) is 11.1. The number of pyridine rings is 1. The first-order valence-corrected chi connectivity index (χ1v) is 9.25. The molecule has 0 amide bonds. The minimum Gasteiger partial charge on any atom is -0.497 e. The monoisotopic (exact) mass is 381 g/mol. The molecule has 0 aliphatic heterocycles. The number of carbonyl (C=O) groups excluding carboxylic acids is 1. The number of methoxy groups -OCH3 is 3. The number of hydrogen-bond donors (Lipinski definition) is 0. The molecule has 2 rings (SSSR count). The maximum atomic E-state index is 11.9. The van der Waals surface area contributed by atoms with E-state index >= 15 is 0 Å². The van der Waals surface area contributed by atoms with Crippen molar-refractivity contribution in [1.29, 1.82) is 0 Å². The molecule has 0 saturated carbocycles. The molecule has 0 aliphatic carbocycles. The predicted octanol–water partition coefficient (Wildman–Crippen LogP) is 2.03. The third-order valence-corrected chi connectivity index (χ3v) is 3.96. The van der Waals surface area contributed by atoms with Gasteiger partial charge in [-0.15, -0.1) is 0 Å². The van der Waals surface area contributed by atoms with Gasteiger partial charge in [-0.25, -0.2) is 9.78 Å². The van der Waals surface area contributed by atoms with Gasteiger partial charge < -0.3 is 14.2 Å². The molecule has 8 nitrogen and oxygen atoms in total. The molecule has 0 unspecified atom stereocenters. The van der Waals surface area contributed by atoms with E-state index in [9.17, 15) is 13.2 Å². The number of hydrogen-bond acceptors (Lipinski definition) is 8. The van der Waals surface area contributed by atoms with Crippen LogP contribution >= 0.6 is 0 Å². The fraction of sp³-hybridized carbons (Fsp3) is 0.294. The molecule has 0 bridgehead atoms. The Morgan fingerprint density at radius 1 is 1.08 bits per heavy atom. The molecule has 0 atom stereocenters. The highest BCUT2D eigenvalue weighted by Gasteiger charge is 2.16. The van der Waals surface area contributed by atoms with Gasteiger partial charge in [-0.2, -0.15) is 8.42 Å². The zero-order chi connectivity index (χ0) is 19.3. The number of carbonyl (C=O) groups is 1. The highest BCUT2D eigenvalue weighted by molar-refractivity contribution is 7.85. The van der Waals surface area contributed by atoms with Crippen molar-refractivity contribution >= 4 is 16.1 Å². The van der Waals surface area contributed by atoms with Crippen LogP contribution in [0.4, 0.5) is 0 Å². The molecule has 1 aromatic heterocycles. The molecule has 9 heteroatoms. The Morgan fingerprint density at radius 3 is 2.38 bits per heavy atom. The Labute approximate surface area is 151 Å². The van der Waals surface area contributed by atoms with Gasteiger partial charge in [-0.1, -0.05) is 0 Å². The van der Waals surface area contributed by atoms with Crippen molar-refractivity contribution in [1.82, 2.24) is 4.98 Å². The van der Waals surface area contributed by atoms with Crippen molar-refractivity contribution in [2.75, 3.05) is 27.6 Å². The highest BCUT2D eigenvalue weighted by Crippen LogP contribution is 2.34. The Kier molecular flexibility index (Phi) is 6.17. The molecule has 1 heterocycles. The SMILES string of the molecule is COC(=O)c1cc(-c2ccc(OC)cc2OC)cc(COS(C)(=O)=O)n1. The average Bonchev–Trinajstić information content (AvgIpc) is 2.64. The largest absolute Gasteiger partial charge is 0.497 e. The fourth-order valence-corrected chi connectivity index (χ4v) is 2.57. The van der Waals surface area contributed by atoms with Crippen LogP contribution in [0.1, 0.15) is 16.2 Å². The van der Waals surface area contributed by atoms with Gasteiger partial charge >= 0.3 is 5.97 Å². The van der Waals surface area contributed by atoms with Gasteiger partial charge in [-0.3, -0.25) is 4.18 Å². The maximum Gasteiger partial charge on any atom is 0.356 e. The summed E-state index contributed by atoms with van der Waals surface area (Å²) in [6.07, 6.45) is 0.935. The summed E-state index contributed by atoms with van der Waals surface area (Å²) in [7, 11) is 0.623. The summed E-state index contributed by atoms with van der Waals surface area (Å²) < 4.78 is 42.5. The third-order valence-electron chi connectivity index (χ3n) is 3.41. The van der Waals surface area contributed by atoms with Crippen LogP contribution in [0.2, 0.25) is 0 Å². The van der Waals surface area contributed by atoms with Crippen molar-refractivity contribution in [3.8, 4) is 22.6 Å². The van der Waals surface area contributed by atoms with Crippen LogP contribution in [0.15, 0.2) is 30.3 Å². The first kappa shape index (κ1) is 19.7. The molecule has 0 saturated heterocycles. The summed E-state index contributed by atoms with van der Waals surface area (Å²) in [6.45, 7) is -0.310. The zero-order valence-corrected chi connectivity index (χ0v) is 15.6. The number of nitrogens with zero attached hydrogens (tertiary/aromatic N) is 1. The molecule has 1 aromatic carbocycles. The minimum absolute atomic E-state index is 0.0231. The second kappa shape index (κ2) is 8.15. The summed E-state index contributed by atoms with van der Waals surface area (Å²) >= 11 is 0. The predicted molar refractivity (Wildman–Crippen MR) is 93.7 cm³/mol. The number of aromatic nitrogens is 1. The Balaban J connectivity index is 2.55. The van der Waals surface area contributed by atoms with Crippen LogP contribution in [-0.2, 0) is 25.6 Å². The Morgan fingerprint density at radius 2 is 1.81 bits per heavy atom. The molecular weight excluding hydrogens is 362 g/mol. The summed E-state index contributed by atoms with van der Waals surface area (Å²) in [5.41, 5.74) is 1.54. The molecule has 140 valence electrons. The lowest BCUT2D eigenvalue weighted by Crippen LogP contribution is -2.09. The first-order chi connectivity index (χ1) is 12.3. The average molecular weight is 381 g/mol. The fourth-order valence-electron chi connectivity index (χ4n) is 2.23. The highest BCUT2D eigenvalue weighted by atomic mass is 32.2. The molecular formula is C17H19NO7S. The Hall–Kier alpha value is -2.65. The molecule has 2 aromatic rings. The summed E-state index contributed by atoms with van der Waals surface area (Å²) in [4.78, 5) is 16.0. The number of benzene rings is 1. The summed E-state index contributed by atoms with van der Waals surface area (Å²) in [5, 5.41) is 0. The van der Waals surface area contributed by atoms with Gasteiger partial charge in [0.15, 0.2) is 0 Å². The molecule has 0 radical (unpaired) electrons. The van der Waals surface area contributed by atoms with Crippen LogP contribution in [0.5, 0.6) is 11.5 Å². The van der Waals surface area contributed by atoms with E-state index < -0.39 is 16.1 Å². The van der Waals surface area contributed by atoms with E-state index in [1.54, 1.807) is 24.3 Å². The molecule has 26 heavy (non-hydrogen) atoms. The maximum absolute atomic E-state index is 11.9. The van der Waals surface area contributed by atoms with E-state index in [2.05, 4.69) is 4.98 Å². The van der Waals surface area contributed by atoms with E-state index in [4.69, 9.17) is 18.4 Å². The van der Waals surface area contributed by atoms with Crippen molar-refractivity contribution in [3.63, 3.8) is 0 Å². The van der Waals surface area contributed by atoms with Crippen molar-refractivity contribution < 1.29 is 31.6 Å². The second-order valence-corrected chi connectivity index (χ2v) is 6.90. The van der Waals surface area contributed by atoms with E-state index in [1.165, 1.54) is 27.4 Å². The first-order valence-electron chi connectivity index (χ1n) is 7.43. The number of rotatable bonds is 7. The topological polar surface area (TPSA) is 101 Å². The van der Waals surface area contributed by atoms with Crippen LogP contribution in [0.3, 0.4) is 0 Å². The molecule has 0 aliphatic rings. The molecule has 0 fully saturated rings. The van der Waals surface area contributed by atoms with Crippen molar-refractivity contribution in [3.05, 3.63) is 41.7 Å². The van der Waals surface area contributed by atoms with Crippen molar-refractivity contribution in [2.45, 2.75) is 6.61 Å². The van der Waals surface area contributed by atoms with E-state index in [0.717, 1.165) is 6.26 Å². The molecule has 0 spiro atoms. The van der Waals surface area contributed by atoms with E-state index in [1.807, 2.05) is 0 Å². The van der Waals surface area contributed by atoms with Crippen LogP contribution in [0.25, 0.3) is 11.1 Å². The van der Waals surface area contributed by atoms with Crippen LogP contribution < -0.4 is 9.47 Å². The lowest BCUT2D eigenvalue weighted by atomic mass is 10.0. The van der Waals surface area contributed by atoms with Gasteiger partial charge in [0, 0.05) is 11.6 Å². The number of esters is 1. The van der Waals surface area contributed by atoms with Crippen LogP contribution in [-0.4, -0.2) is 47.0 Å². The quantitative estimate of drug-likeness (QED) is 0.530. The Bertz CT molecular complexity index is 909. The smallest absolute Gasteiger partial charge is 0.356 e. The minimum atomic E-state index is -3.66. The van der Waals surface area contributed by atoms with E-state index in [0.29, 0.717) is 22.6 Å². The lowest BCUT2D eigenvalue weighted by molar-refractivity contribution is 0.0593. The van der Waals surface area contributed by atoms with Gasteiger partial charge in [0.2, 0.25) is 0 Å². The van der Waals surface area contributed by atoms with Gasteiger partial charge in [0.05, 0.1) is 33.3 Å². The summed E-state index contributed by atoms with van der Waals surface area (Å²) in [5.74, 6) is 0.467.